The van der Waals surface area contributed by atoms with E-state index in [9.17, 15) is 4.79 Å². The van der Waals surface area contributed by atoms with Gasteiger partial charge in [0.15, 0.2) is 0 Å². The predicted octanol–water partition coefficient (Wildman–Crippen LogP) is 0.463. The number of nitrogens with one attached hydrogen (secondary N) is 1. The molecule has 1 amide bonds. The maximum absolute atomic E-state index is 11.8. The Morgan fingerprint density at radius 2 is 2.38 bits per heavy atom. The van der Waals surface area contributed by atoms with E-state index in [1.54, 1.807) is 6.20 Å². The number of hydrogen-bond donors (Lipinski definition) is 1. The summed E-state index contributed by atoms with van der Waals surface area (Å²) >= 11 is 0. The fourth-order valence-corrected chi connectivity index (χ4v) is 1.62. The van der Waals surface area contributed by atoms with Crippen LogP contribution >= 0.6 is 0 Å². The number of imidazole rings is 1. The third-order valence-electron chi connectivity index (χ3n) is 2.57. The van der Waals surface area contributed by atoms with Gasteiger partial charge in [-0.05, 0) is 12.1 Å². The van der Waals surface area contributed by atoms with Crippen LogP contribution in [0.25, 0.3) is 5.65 Å². The minimum absolute atomic E-state index is 0.136. The minimum Gasteiger partial charge on any atom is -0.377 e. The summed E-state index contributed by atoms with van der Waals surface area (Å²) in [6, 6.07) is 5.79. The number of fused-ring (bicyclic) bond motifs is 1. The highest BCUT2D eigenvalue weighted by Crippen LogP contribution is 2.06. The number of amides is 1. The van der Waals surface area contributed by atoms with Gasteiger partial charge in [-0.2, -0.15) is 0 Å². The van der Waals surface area contributed by atoms with Gasteiger partial charge >= 0.3 is 0 Å². The molecule has 1 N–H and O–H groups in total. The summed E-state index contributed by atoms with van der Waals surface area (Å²) in [6.45, 7) is 1.19. The zero-order valence-corrected chi connectivity index (χ0v) is 8.59. The summed E-state index contributed by atoms with van der Waals surface area (Å²) in [4.78, 5) is 16.0. The van der Waals surface area contributed by atoms with Crippen molar-refractivity contribution in [2.24, 2.45) is 0 Å². The van der Waals surface area contributed by atoms with E-state index in [0.29, 0.717) is 18.9 Å². The minimum atomic E-state index is -0.142. The number of carbonyl (C=O) groups is 1. The summed E-state index contributed by atoms with van der Waals surface area (Å²) in [5, 5.41) is 2.85. The van der Waals surface area contributed by atoms with Crippen molar-refractivity contribution >= 4 is 11.6 Å². The molecule has 1 aliphatic rings. The number of carbonyl (C=O) groups excluding carboxylic acids is 1. The van der Waals surface area contributed by atoms with Crippen LogP contribution < -0.4 is 5.32 Å². The molecule has 3 heterocycles. The maximum Gasteiger partial charge on any atom is 0.271 e. The van der Waals surface area contributed by atoms with E-state index < -0.39 is 0 Å². The first-order valence-corrected chi connectivity index (χ1v) is 5.15. The molecular weight excluding hydrogens is 206 g/mol. The molecule has 0 bridgehead atoms. The van der Waals surface area contributed by atoms with E-state index in [-0.39, 0.29) is 11.9 Å². The van der Waals surface area contributed by atoms with Gasteiger partial charge in [0.2, 0.25) is 0 Å². The van der Waals surface area contributed by atoms with Crippen molar-refractivity contribution in [1.29, 1.82) is 0 Å². The lowest BCUT2D eigenvalue weighted by molar-refractivity contribution is -0.00353. The summed E-state index contributed by atoms with van der Waals surface area (Å²) in [6.07, 6.45) is 3.59. The number of aromatic nitrogens is 2. The van der Waals surface area contributed by atoms with Crippen molar-refractivity contribution in [2.45, 2.75) is 6.04 Å². The molecule has 5 heteroatoms. The molecule has 0 aromatic carbocycles. The molecule has 3 rings (SSSR count). The molecule has 1 saturated heterocycles. The van der Waals surface area contributed by atoms with Crippen molar-refractivity contribution in [3.8, 4) is 0 Å². The molecule has 2 aromatic heterocycles. The van der Waals surface area contributed by atoms with Crippen molar-refractivity contribution < 1.29 is 9.53 Å². The fourth-order valence-electron chi connectivity index (χ4n) is 1.62. The van der Waals surface area contributed by atoms with Gasteiger partial charge < -0.3 is 14.5 Å². The van der Waals surface area contributed by atoms with Crippen LogP contribution in [0.2, 0.25) is 0 Å². The van der Waals surface area contributed by atoms with Gasteiger partial charge in [-0.25, -0.2) is 4.98 Å². The van der Waals surface area contributed by atoms with Gasteiger partial charge in [0, 0.05) is 12.4 Å². The summed E-state index contributed by atoms with van der Waals surface area (Å²) < 4.78 is 6.82. The van der Waals surface area contributed by atoms with E-state index in [4.69, 9.17) is 4.74 Å². The first-order valence-electron chi connectivity index (χ1n) is 5.15. The zero-order chi connectivity index (χ0) is 11.0. The Morgan fingerprint density at radius 1 is 1.50 bits per heavy atom. The second kappa shape index (κ2) is 3.61. The van der Waals surface area contributed by atoms with Crippen LogP contribution in [0.1, 0.15) is 10.5 Å². The average molecular weight is 217 g/mol. The van der Waals surface area contributed by atoms with E-state index in [2.05, 4.69) is 10.3 Å². The van der Waals surface area contributed by atoms with Crippen molar-refractivity contribution in [1.82, 2.24) is 14.7 Å². The first kappa shape index (κ1) is 9.35. The molecule has 16 heavy (non-hydrogen) atoms. The lowest BCUT2D eigenvalue weighted by Gasteiger charge is -2.26. The van der Waals surface area contributed by atoms with E-state index in [1.807, 2.05) is 28.8 Å². The molecule has 5 nitrogen and oxygen atoms in total. The SMILES string of the molecule is O=C(NC1COC1)c1cn2ccccc2n1. The summed E-state index contributed by atoms with van der Waals surface area (Å²) in [5.74, 6) is -0.142. The predicted molar refractivity (Wildman–Crippen MR) is 57.3 cm³/mol. The van der Waals surface area contributed by atoms with Gasteiger partial charge in [0.1, 0.15) is 11.3 Å². The van der Waals surface area contributed by atoms with Gasteiger partial charge in [-0.1, -0.05) is 6.07 Å². The normalized spacial score (nSPS) is 16.0. The Labute approximate surface area is 92.0 Å². The summed E-state index contributed by atoms with van der Waals surface area (Å²) in [5.41, 5.74) is 1.22. The highest BCUT2D eigenvalue weighted by atomic mass is 16.5. The Morgan fingerprint density at radius 3 is 3.06 bits per heavy atom. The smallest absolute Gasteiger partial charge is 0.271 e. The lowest BCUT2D eigenvalue weighted by Crippen LogP contribution is -2.48. The number of nitrogens with zero attached hydrogens (tertiary/aromatic N) is 2. The van der Waals surface area contributed by atoms with Crippen LogP contribution in [-0.4, -0.2) is 34.5 Å². The zero-order valence-electron chi connectivity index (χ0n) is 8.59. The molecule has 82 valence electrons. The number of pyridine rings is 1. The van der Waals surface area contributed by atoms with Gasteiger partial charge in [0.25, 0.3) is 5.91 Å². The molecule has 1 fully saturated rings. The highest BCUT2D eigenvalue weighted by Gasteiger charge is 2.22. The maximum atomic E-state index is 11.8. The molecule has 2 aromatic rings. The number of ether oxygens (including phenoxy) is 1. The lowest BCUT2D eigenvalue weighted by atomic mass is 10.2. The largest absolute Gasteiger partial charge is 0.377 e. The van der Waals surface area contributed by atoms with Crippen LogP contribution in [0.4, 0.5) is 0 Å². The molecule has 0 aliphatic carbocycles. The Bertz CT molecular complexity index is 498. The van der Waals surface area contributed by atoms with Gasteiger partial charge in [-0.3, -0.25) is 4.79 Å². The quantitative estimate of drug-likeness (QED) is 0.795. The number of rotatable bonds is 2. The molecule has 1 aliphatic heterocycles. The van der Waals surface area contributed by atoms with Crippen LogP contribution in [0.15, 0.2) is 30.6 Å². The molecular formula is C11H11N3O2. The van der Waals surface area contributed by atoms with E-state index >= 15 is 0 Å². The third kappa shape index (κ3) is 1.55. The van der Waals surface area contributed by atoms with Crippen molar-refractivity contribution in [3.63, 3.8) is 0 Å². The molecule has 0 spiro atoms. The van der Waals surface area contributed by atoms with E-state index in [0.717, 1.165) is 5.65 Å². The average Bonchev–Trinajstić information content (AvgIpc) is 2.66. The molecule has 0 radical (unpaired) electrons. The molecule has 0 atom stereocenters. The molecule has 0 unspecified atom stereocenters. The fraction of sp³-hybridized carbons (Fsp3) is 0.273. The topological polar surface area (TPSA) is 55.6 Å². The van der Waals surface area contributed by atoms with Crippen LogP contribution in [-0.2, 0) is 4.74 Å². The molecule has 0 saturated carbocycles. The highest BCUT2D eigenvalue weighted by molar-refractivity contribution is 5.93. The van der Waals surface area contributed by atoms with Crippen LogP contribution in [0.5, 0.6) is 0 Å². The van der Waals surface area contributed by atoms with Gasteiger partial charge in [0.05, 0.1) is 19.3 Å². The van der Waals surface area contributed by atoms with Gasteiger partial charge in [-0.15, -0.1) is 0 Å². The second-order valence-corrected chi connectivity index (χ2v) is 3.80. The first-order chi connectivity index (χ1) is 7.83. The Kier molecular flexibility index (Phi) is 2.11. The monoisotopic (exact) mass is 217 g/mol. The van der Waals surface area contributed by atoms with E-state index in [1.165, 1.54) is 0 Å². The summed E-state index contributed by atoms with van der Waals surface area (Å²) in [7, 11) is 0. The van der Waals surface area contributed by atoms with Crippen molar-refractivity contribution in [3.05, 3.63) is 36.3 Å². The van der Waals surface area contributed by atoms with Crippen LogP contribution in [0, 0.1) is 0 Å². The Hall–Kier alpha value is -1.88. The second-order valence-electron chi connectivity index (χ2n) is 3.80. The standard InChI is InChI=1S/C11H11N3O2/c15-11(12-8-6-16-7-8)9-5-14-4-2-1-3-10(14)13-9/h1-5,8H,6-7H2,(H,12,15). The van der Waals surface area contributed by atoms with Crippen molar-refractivity contribution in [2.75, 3.05) is 13.2 Å². The number of hydrogen-bond acceptors (Lipinski definition) is 3. The third-order valence-corrected chi connectivity index (χ3v) is 2.57. The Balaban J connectivity index is 1.84. The van der Waals surface area contributed by atoms with Crippen LogP contribution in [0.3, 0.4) is 0 Å².